The largest absolute Gasteiger partial charge is 0.444 e. The van der Waals surface area contributed by atoms with Crippen molar-refractivity contribution in [2.75, 3.05) is 13.1 Å². The molecule has 1 aromatic carbocycles. The second kappa shape index (κ2) is 8.14. The number of aromatic nitrogens is 1. The predicted molar refractivity (Wildman–Crippen MR) is 93.6 cm³/mol. The number of nitrogens with zero attached hydrogens (tertiary/aromatic N) is 2. The van der Waals surface area contributed by atoms with Gasteiger partial charge in [-0.1, -0.05) is 6.92 Å². The number of nitrogens with one attached hydrogen (secondary N) is 1. The van der Waals surface area contributed by atoms with Crippen LogP contribution in [0, 0.1) is 5.82 Å². The average molecular weight is 345 g/mol. The van der Waals surface area contributed by atoms with Gasteiger partial charge in [0.1, 0.15) is 12.1 Å². The number of oxazole rings is 1. The van der Waals surface area contributed by atoms with E-state index in [2.05, 4.69) is 17.2 Å². The summed E-state index contributed by atoms with van der Waals surface area (Å²) < 4.78 is 18.4. The van der Waals surface area contributed by atoms with Crippen LogP contribution in [0.4, 0.5) is 9.18 Å². The maximum Gasteiger partial charge on any atom is 0.317 e. The minimum absolute atomic E-state index is 0.00815. The fourth-order valence-electron chi connectivity index (χ4n) is 3.24. The Morgan fingerprint density at radius 3 is 2.92 bits per heavy atom. The molecule has 1 aliphatic heterocycles. The van der Waals surface area contributed by atoms with Gasteiger partial charge in [0.15, 0.2) is 0 Å². The number of carbonyl (C=O) groups is 1. The van der Waals surface area contributed by atoms with Crippen LogP contribution in [0.25, 0.3) is 11.5 Å². The van der Waals surface area contributed by atoms with E-state index in [1.165, 1.54) is 18.6 Å². The van der Waals surface area contributed by atoms with Crippen molar-refractivity contribution in [1.29, 1.82) is 0 Å². The van der Waals surface area contributed by atoms with Crippen LogP contribution in [0.2, 0.25) is 0 Å². The van der Waals surface area contributed by atoms with E-state index in [1.54, 1.807) is 18.4 Å². The molecular formula is C19H24FN3O2. The van der Waals surface area contributed by atoms with Crippen molar-refractivity contribution < 1.29 is 13.6 Å². The predicted octanol–water partition coefficient (Wildman–Crippen LogP) is 4.00. The van der Waals surface area contributed by atoms with Crippen molar-refractivity contribution in [1.82, 2.24) is 15.2 Å². The molecule has 2 heterocycles. The Kier molecular flexibility index (Phi) is 5.68. The van der Waals surface area contributed by atoms with Gasteiger partial charge in [-0.05, 0) is 49.9 Å². The Labute approximate surface area is 147 Å². The number of hydrogen-bond acceptors (Lipinski definition) is 3. The van der Waals surface area contributed by atoms with Crippen LogP contribution in [-0.4, -0.2) is 35.0 Å². The number of halogens is 1. The minimum atomic E-state index is -0.290. The van der Waals surface area contributed by atoms with Gasteiger partial charge < -0.3 is 14.6 Å². The third-order valence-electron chi connectivity index (χ3n) is 4.66. The van der Waals surface area contributed by atoms with Gasteiger partial charge in [-0.25, -0.2) is 14.2 Å². The molecule has 2 amide bonds. The van der Waals surface area contributed by atoms with E-state index >= 15 is 0 Å². The zero-order valence-corrected chi connectivity index (χ0v) is 14.5. The van der Waals surface area contributed by atoms with Gasteiger partial charge in [-0.3, -0.25) is 0 Å². The fraction of sp³-hybridized carbons (Fsp3) is 0.474. The number of piperidine rings is 1. The highest BCUT2D eigenvalue weighted by molar-refractivity contribution is 5.74. The summed E-state index contributed by atoms with van der Waals surface area (Å²) in [5, 5.41) is 2.98. The van der Waals surface area contributed by atoms with E-state index in [0.29, 0.717) is 24.9 Å². The highest BCUT2D eigenvalue weighted by Gasteiger charge is 2.24. The molecule has 0 radical (unpaired) electrons. The number of hydrogen-bond donors (Lipinski definition) is 1. The van der Waals surface area contributed by atoms with Crippen LogP contribution in [0.1, 0.15) is 38.3 Å². The third-order valence-corrected chi connectivity index (χ3v) is 4.66. The molecule has 0 spiro atoms. The third kappa shape index (κ3) is 4.38. The normalized spacial score (nSPS) is 17.5. The summed E-state index contributed by atoms with van der Waals surface area (Å²) in [6, 6.07) is 6.38. The van der Waals surface area contributed by atoms with Gasteiger partial charge in [-0.2, -0.15) is 0 Å². The van der Waals surface area contributed by atoms with Gasteiger partial charge in [0.25, 0.3) is 0 Å². The van der Waals surface area contributed by atoms with Crippen LogP contribution in [0.15, 0.2) is 34.9 Å². The first kappa shape index (κ1) is 17.5. The van der Waals surface area contributed by atoms with Crippen LogP contribution >= 0.6 is 0 Å². The zero-order chi connectivity index (χ0) is 17.6. The van der Waals surface area contributed by atoms with Gasteiger partial charge in [-0.15, -0.1) is 0 Å². The number of carbonyl (C=O) groups excluding carboxylic acids is 1. The molecule has 1 saturated heterocycles. The van der Waals surface area contributed by atoms with Crippen LogP contribution in [-0.2, 0) is 6.42 Å². The van der Waals surface area contributed by atoms with Crippen molar-refractivity contribution in [2.45, 2.75) is 45.1 Å². The van der Waals surface area contributed by atoms with E-state index < -0.39 is 0 Å². The molecule has 1 unspecified atom stereocenters. The summed E-state index contributed by atoms with van der Waals surface area (Å²) in [4.78, 5) is 18.7. The van der Waals surface area contributed by atoms with Gasteiger partial charge in [0.2, 0.25) is 5.89 Å². The van der Waals surface area contributed by atoms with Crippen molar-refractivity contribution in [3.05, 3.63) is 42.0 Å². The highest BCUT2D eigenvalue weighted by Crippen LogP contribution is 2.20. The van der Waals surface area contributed by atoms with Gasteiger partial charge >= 0.3 is 6.03 Å². The van der Waals surface area contributed by atoms with Crippen LogP contribution < -0.4 is 5.32 Å². The Balaban J connectivity index is 1.50. The second-order valence-electron chi connectivity index (χ2n) is 6.38. The number of amides is 2. The number of likely N-dealkylation sites (tertiary alicyclic amines) is 1. The van der Waals surface area contributed by atoms with Crippen molar-refractivity contribution >= 4 is 6.03 Å². The molecule has 25 heavy (non-hydrogen) atoms. The first-order valence-electron chi connectivity index (χ1n) is 8.92. The van der Waals surface area contributed by atoms with Crippen molar-refractivity contribution in [2.24, 2.45) is 0 Å². The molecule has 1 N–H and O–H groups in total. The summed E-state index contributed by atoms with van der Waals surface area (Å²) in [6.45, 7) is 3.48. The molecule has 0 saturated carbocycles. The van der Waals surface area contributed by atoms with E-state index in [-0.39, 0.29) is 11.8 Å². The van der Waals surface area contributed by atoms with Crippen molar-refractivity contribution in [3.8, 4) is 11.5 Å². The number of benzene rings is 1. The molecule has 1 fully saturated rings. The topological polar surface area (TPSA) is 58.4 Å². The molecule has 2 aromatic rings. The lowest BCUT2D eigenvalue weighted by Crippen LogP contribution is -2.48. The van der Waals surface area contributed by atoms with E-state index in [1.807, 2.05) is 4.90 Å². The van der Waals surface area contributed by atoms with E-state index in [9.17, 15) is 9.18 Å². The maximum absolute atomic E-state index is 13.0. The highest BCUT2D eigenvalue weighted by atomic mass is 19.1. The Hall–Kier alpha value is -2.37. The molecule has 1 aromatic heterocycles. The summed E-state index contributed by atoms with van der Waals surface area (Å²) in [5.41, 5.74) is 1.50. The molecule has 1 aliphatic rings. The molecule has 5 nitrogen and oxygen atoms in total. The van der Waals surface area contributed by atoms with Gasteiger partial charge in [0.05, 0.1) is 5.69 Å². The Morgan fingerprint density at radius 2 is 2.16 bits per heavy atom. The lowest BCUT2D eigenvalue weighted by molar-refractivity contribution is 0.149. The fourth-order valence-corrected chi connectivity index (χ4v) is 3.24. The molecule has 0 aliphatic carbocycles. The molecule has 0 bridgehead atoms. The lowest BCUT2D eigenvalue weighted by Gasteiger charge is -2.35. The summed E-state index contributed by atoms with van der Waals surface area (Å²) in [6.07, 6.45) is 6.55. The number of rotatable bonds is 5. The molecular weight excluding hydrogens is 321 g/mol. The van der Waals surface area contributed by atoms with Crippen LogP contribution in [0.5, 0.6) is 0 Å². The SMILES string of the molecule is CCC1CCCCN1C(=O)NCCc1coc(-c2ccc(F)cc2)n1. The standard InChI is InChI=1S/C19H24FN3O2/c1-2-17-5-3-4-12-23(17)19(24)21-11-10-16-13-25-18(22-16)14-6-8-15(20)9-7-14/h6-9,13,17H,2-5,10-12H2,1H3,(H,21,24). The molecule has 134 valence electrons. The van der Waals surface area contributed by atoms with Gasteiger partial charge in [0, 0.05) is 31.1 Å². The maximum atomic E-state index is 13.0. The summed E-state index contributed by atoms with van der Waals surface area (Å²) in [7, 11) is 0. The second-order valence-corrected chi connectivity index (χ2v) is 6.38. The molecule has 3 rings (SSSR count). The number of urea groups is 1. The molecule has 1 atom stereocenters. The van der Waals surface area contributed by atoms with Crippen LogP contribution in [0.3, 0.4) is 0 Å². The monoisotopic (exact) mass is 345 g/mol. The average Bonchev–Trinajstić information content (AvgIpc) is 3.11. The zero-order valence-electron chi connectivity index (χ0n) is 14.5. The quantitative estimate of drug-likeness (QED) is 0.891. The Morgan fingerprint density at radius 1 is 1.36 bits per heavy atom. The first-order valence-corrected chi connectivity index (χ1v) is 8.92. The van der Waals surface area contributed by atoms with E-state index in [0.717, 1.165) is 37.1 Å². The minimum Gasteiger partial charge on any atom is -0.444 e. The van der Waals surface area contributed by atoms with E-state index in [4.69, 9.17) is 4.42 Å². The summed E-state index contributed by atoms with van der Waals surface area (Å²) in [5.74, 6) is 0.171. The van der Waals surface area contributed by atoms with Crippen molar-refractivity contribution in [3.63, 3.8) is 0 Å². The first-order chi connectivity index (χ1) is 12.2. The summed E-state index contributed by atoms with van der Waals surface area (Å²) >= 11 is 0. The molecule has 6 heteroatoms. The Bertz CT molecular complexity index is 699. The smallest absolute Gasteiger partial charge is 0.317 e. The lowest BCUT2D eigenvalue weighted by atomic mass is 10.0.